The molecule has 0 bridgehead atoms. The predicted molar refractivity (Wildman–Crippen MR) is 86.2 cm³/mol. The minimum Gasteiger partial charge on any atom is -0.507 e. The second-order valence-corrected chi connectivity index (χ2v) is 7.60. The highest BCUT2D eigenvalue weighted by Gasteiger charge is 2.30. The summed E-state index contributed by atoms with van der Waals surface area (Å²) < 4.78 is 5.47. The number of benzene rings is 1. The molecule has 3 nitrogen and oxygen atoms in total. The number of rotatable bonds is 2. The van der Waals surface area contributed by atoms with Crippen LogP contribution in [0.25, 0.3) is 0 Å². The van der Waals surface area contributed by atoms with Crippen molar-refractivity contribution in [2.45, 2.75) is 72.6 Å². The van der Waals surface area contributed by atoms with Crippen molar-refractivity contribution in [3.63, 3.8) is 0 Å². The van der Waals surface area contributed by atoms with E-state index in [0.717, 1.165) is 16.7 Å². The number of aromatic hydroxyl groups is 1. The number of carbonyl (C=O) groups excluding carboxylic acids is 1. The summed E-state index contributed by atoms with van der Waals surface area (Å²) in [6.07, 6.45) is 0.329. The highest BCUT2D eigenvalue weighted by atomic mass is 16.5. The molecule has 118 valence electrons. The lowest BCUT2D eigenvalue weighted by Crippen LogP contribution is -2.20. The Balaban J connectivity index is 3.64. The topological polar surface area (TPSA) is 46.5 Å². The van der Waals surface area contributed by atoms with Crippen LogP contribution in [0, 0.1) is 6.92 Å². The minimum atomic E-state index is -0.261. The van der Waals surface area contributed by atoms with Crippen molar-refractivity contribution >= 4 is 5.97 Å². The smallest absolute Gasteiger partial charge is 0.310 e. The molecule has 0 atom stereocenters. The third-order valence-electron chi connectivity index (χ3n) is 3.58. The Morgan fingerprint density at radius 2 is 1.67 bits per heavy atom. The van der Waals surface area contributed by atoms with Gasteiger partial charge in [-0.3, -0.25) is 4.79 Å². The molecule has 0 aliphatic rings. The zero-order valence-electron chi connectivity index (χ0n) is 14.5. The summed E-state index contributed by atoms with van der Waals surface area (Å²) in [5.41, 5.74) is 2.01. The van der Waals surface area contributed by atoms with E-state index in [1.165, 1.54) is 0 Å². The van der Waals surface area contributed by atoms with Crippen LogP contribution in [0.3, 0.4) is 0 Å². The second-order valence-electron chi connectivity index (χ2n) is 7.60. The molecule has 0 unspecified atom stereocenters. The van der Waals surface area contributed by atoms with Gasteiger partial charge >= 0.3 is 5.97 Å². The van der Waals surface area contributed by atoms with Crippen LogP contribution in [0.4, 0.5) is 0 Å². The fraction of sp³-hybridized carbons (Fsp3) is 0.611. The monoisotopic (exact) mass is 292 g/mol. The van der Waals surface area contributed by atoms with Crippen LogP contribution < -0.4 is 4.74 Å². The average molecular weight is 292 g/mol. The lowest BCUT2D eigenvalue weighted by Gasteiger charge is -2.30. The Labute approximate surface area is 128 Å². The molecule has 1 N–H and O–H groups in total. The van der Waals surface area contributed by atoms with Crippen LogP contribution in [0.2, 0.25) is 0 Å². The van der Waals surface area contributed by atoms with Gasteiger partial charge in [-0.05, 0) is 29.4 Å². The molecular formula is C18H28O3. The number of ether oxygens (including phenoxy) is 1. The van der Waals surface area contributed by atoms with Gasteiger partial charge in [0.15, 0.2) is 0 Å². The van der Waals surface area contributed by atoms with E-state index in [2.05, 4.69) is 0 Å². The molecule has 0 fully saturated rings. The van der Waals surface area contributed by atoms with E-state index in [1.807, 2.05) is 48.5 Å². The largest absolute Gasteiger partial charge is 0.507 e. The molecule has 1 aromatic carbocycles. The minimum absolute atomic E-state index is 0.231. The summed E-state index contributed by atoms with van der Waals surface area (Å²) in [6, 6.07) is 1.80. The summed E-state index contributed by atoms with van der Waals surface area (Å²) >= 11 is 0. The Kier molecular flexibility index (Phi) is 4.76. The van der Waals surface area contributed by atoms with Gasteiger partial charge in [0.05, 0.1) is 0 Å². The highest BCUT2D eigenvalue weighted by Crippen LogP contribution is 2.44. The van der Waals surface area contributed by atoms with E-state index in [0.29, 0.717) is 17.9 Å². The SMILES string of the molecule is CCC(=O)Oc1cc(C(C)(C)C)c(O)c(C(C)(C)C)c1C. The van der Waals surface area contributed by atoms with E-state index in [4.69, 9.17) is 4.74 Å². The zero-order chi connectivity index (χ0) is 16.6. The molecule has 21 heavy (non-hydrogen) atoms. The molecule has 3 heteroatoms. The molecule has 0 saturated carbocycles. The number of hydrogen-bond donors (Lipinski definition) is 1. The van der Waals surface area contributed by atoms with Crippen molar-refractivity contribution in [1.82, 2.24) is 0 Å². The Morgan fingerprint density at radius 3 is 2.05 bits per heavy atom. The molecular weight excluding hydrogens is 264 g/mol. The van der Waals surface area contributed by atoms with Crippen molar-refractivity contribution in [3.05, 3.63) is 22.8 Å². The molecule has 0 aliphatic heterocycles. The first-order valence-electron chi connectivity index (χ1n) is 7.47. The molecule has 0 heterocycles. The molecule has 1 aromatic rings. The van der Waals surface area contributed by atoms with Gasteiger partial charge in [0, 0.05) is 17.5 Å². The maximum absolute atomic E-state index is 11.7. The van der Waals surface area contributed by atoms with Gasteiger partial charge in [0.25, 0.3) is 0 Å². The van der Waals surface area contributed by atoms with Crippen LogP contribution in [-0.4, -0.2) is 11.1 Å². The van der Waals surface area contributed by atoms with E-state index < -0.39 is 0 Å². The summed E-state index contributed by atoms with van der Waals surface area (Å²) in [5.74, 6) is 0.599. The number of hydrogen-bond acceptors (Lipinski definition) is 3. The zero-order valence-corrected chi connectivity index (χ0v) is 14.5. The van der Waals surface area contributed by atoms with Crippen LogP contribution in [0.5, 0.6) is 11.5 Å². The first-order chi connectivity index (χ1) is 9.39. The van der Waals surface area contributed by atoms with Crippen LogP contribution >= 0.6 is 0 Å². The van der Waals surface area contributed by atoms with Crippen LogP contribution in [-0.2, 0) is 15.6 Å². The summed E-state index contributed by atoms with van der Waals surface area (Å²) in [7, 11) is 0. The van der Waals surface area contributed by atoms with Crippen molar-refractivity contribution in [3.8, 4) is 11.5 Å². The third kappa shape index (κ3) is 3.78. The number of phenols is 1. The molecule has 0 amide bonds. The highest BCUT2D eigenvalue weighted by molar-refractivity contribution is 5.73. The number of phenolic OH excluding ortho intramolecular Hbond substituents is 1. The Bertz CT molecular complexity index is 543. The standard InChI is InChI=1S/C18H28O3/c1-9-14(19)21-13-10-12(17(3,4)5)16(20)15(11(13)2)18(6,7)8/h10,20H,9H2,1-8H3. The molecule has 1 rings (SSSR count). The first-order valence-corrected chi connectivity index (χ1v) is 7.47. The average Bonchev–Trinajstić information content (AvgIpc) is 2.29. The lowest BCUT2D eigenvalue weighted by molar-refractivity contribution is -0.134. The van der Waals surface area contributed by atoms with E-state index >= 15 is 0 Å². The van der Waals surface area contributed by atoms with Gasteiger partial charge in [-0.15, -0.1) is 0 Å². The first kappa shape index (κ1) is 17.5. The van der Waals surface area contributed by atoms with Gasteiger partial charge in [0.2, 0.25) is 0 Å². The van der Waals surface area contributed by atoms with Crippen molar-refractivity contribution in [1.29, 1.82) is 0 Å². The van der Waals surface area contributed by atoms with Crippen molar-refractivity contribution in [2.75, 3.05) is 0 Å². The van der Waals surface area contributed by atoms with Crippen molar-refractivity contribution in [2.24, 2.45) is 0 Å². The Morgan fingerprint density at radius 1 is 1.14 bits per heavy atom. The van der Waals surface area contributed by atoms with Gasteiger partial charge in [-0.1, -0.05) is 48.5 Å². The lowest BCUT2D eigenvalue weighted by atomic mass is 9.77. The molecule has 0 saturated heterocycles. The molecule has 0 aromatic heterocycles. The quantitative estimate of drug-likeness (QED) is 0.639. The fourth-order valence-electron chi connectivity index (χ4n) is 2.53. The maximum atomic E-state index is 11.7. The number of carbonyl (C=O) groups is 1. The fourth-order valence-corrected chi connectivity index (χ4v) is 2.53. The van der Waals surface area contributed by atoms with Gasteiger partial charge in [-0.25, -0.2) is 0 Å². The Hall–Kier alpha value is -1.51. The predicted octanol–water partition coefficient (Wildman–Crippen LogP) is 4.61. The summed E-state index contributed by atoms with van der Waals surface area (Å²) in [5, 5.41) is 10.7. The third-order valence-corrected chi connectivity index (χ3v) is 3.58. The van der Waals surface area contributed by atoms with E-state index in [9.17, 15) is 9.90 Å². The molecule has 0 aliphatic carbocycles. The second kappa shape index (κ2) is 5.70. The summed E-state index contributed by atoms with van der Waals surface area (Å²) in [6.45, 7) is 15.9. The van der Waals surface area contributed by atoms with Crippen LogP contribution in [0.1, 0.15) is 71.6 Å². The van der Waals surface area contributed by atoms with Gasteiger partial charge in [0.1, 0.15) is 11.5 Å². The maximum Gasteiger partial charge on any atom is 0.310 e. The van der Waals surface area contributed by atoms with E-state index in [-0.39, 0.29) is 16.8 Å². The normalized spacial score (nSPS) is 12.4. The van der Waals surface area contributed by atoms with Crippen LogP contribution in [0.15, 0.2) is 6.07 Å². The molecule has 0 radical (unpaired) electrons. The van der Waals surface area contributed by atoms with Crippen molar-refractivity contribution < 1.29 is 14.6 Å². The van der Waals surface area contributed by atoms with E-state index in [1.54, 1.807) is 13.0 Å². The number of esters is 1. The molecule has 0 spiro atoms. The van der Waals surface area contributed by atoms with Gasteiger partial charge in [-0.2, -0.15) is 0 Å². The summed E-state index contributed by atoms with van der Waals surface area (Å²) in [4.78, 5) is 11.7. The van der Waals surface area contributed by atoms with Gasteiger partial charge < -0.3 is 9.84 Å².